The lowest BCUT2D eigenvalue weighted by atomic mass is 9.96. The second kappa shape index (κ2) is 12.5. The van der Waals surface area contributed by atoms with Gasteiger partial charge in [0.2, 0.25) is 5.91 Å². The smallest absolute Gasteiger partial charge is 0.340 e. The second-order valence-corrected chi connectivity index (χ2v) is 17.3. The van der Waals surface area contributed by atoms with Gasteiger partial charge in [0.25, 0.3) is 0 Å². The van der Waals surface area contributed by atoms with Crippen molar-refractivity contribution in [2.45, 2.75) is 104 Å². The standard InChI is InChI=1S/C28H45NO6Si/c1-18-15-20(3)25(27(32)33-13-14-36(7,8)9)22(16-18)29-24(31)17-23-26(35-28(5,6)34-23)19(2)11-10-12-21(4)30/h10-11,15-16,19,21,23,26,30H,12-14,17H2,1-9H3,(H,29,31)/b11-10-/t19?,21-,23-,26-/m1/s1. The van der Waals surface area contributed by atoms with E-state index in [1.54, 1.807) is 13.0 Å². The summed E-state index contributed by atoms with van der Waals surface area (Å²) in [5, 5.41) is 12.5. The van der Waals surface area contributed by atoms with E-state index in [9.17, 15) is 14.7 Å². The summed E-state index contributed by atoms with van der Waals surface area (Å²) in [6.45, 7) is 18.3. The predicted octanol–water partition coefficient (Wildman–Crippen LogP) is 5.61. The van der Waals surface area contributed by atoms with Crippen LogP contribution in [0.4, 0.5) is 5.69 Å². The quantitative estimate of drug-likeness (QED) is 0.224. The number of carbonyl (C=O) groups excluding carboxylic acids is 2. The molecule has 202 valence electrons. The molecule has 2 N–H and O–H groups in total. The highest BCUT2D eigenvalue weighted by Gasteiger charge is 2.44. The highest BCUT2D eigenvalue weighted by molar-refractivity contribution is 6.76. The minimum Gasteiger partial charge on any atom is -0.462 e. The number of ether oxygens (including phenoxy) is 3. The lowest BCUT2D eigenvalue weighted by molar-refractivity contribution is -0.150. The third-order valence-electron chi connectivity index (χ3n) is 6.09. The summed E-state index contributed by atoms with van der Waals surface area (Å²) >= 11 is 0. The number of aliphatic hydroxyl groups is 1. The van der Waals surface area contributed by atoms with Crippen LogP contribution in [-0.2, 0) is 19.0 Å². The first kappa shape index (κ1) is 30.2. The van der Waals surface area contributed by atoms with Crippen LogP contribution in [0.3, 0.4) is 0 Å². The lowest BCUT2D eigenvalue weighted by Crippen LogP contribution is -2.32. The number of esters is 1. The Morgan fingerprint density at radius 2 is 1.86 bits per heavy atom. The van der Waals surface area contributed by atoms with E-state index in [0.29, 0.717) is 24.3 Å². The van der Waals surface area contributed by atoms with Crippen molar-refractivity contribution in [3.8, 4) is 0 Å². The summed E-state index contributed by atoms with van der Waals surface area (Å²) in [6, 6.07) is 4.60. The molecule has 2 rings (SSSR count). The molecule has 1 heterocycles. The van der Waals surface area contributed by atoms with Crippen LogP contribution in [0.2, 0.25) is 25.7 Å². The van der Waals surface area contributed by atoms with E-state index in [4.69, 9.17) is 14.2 Å². The molecule has 0 radical (unpaired) electrons. The van der Waals surface area contributed by atoms with Crippen molar-refractivity contribution in [2.24, 2.45) is 5.92 Å². The van der Waals surface area contributed by atoms with Crippen molar-refractivity contribution in [3.63, 3.8) is 0 Å². The Morgan fingerprint density at radius 3 is 2.47 bits per heavy atom. The molecule has 0 aromatic heterocycles. The van der Waals surface area contributed by atoms with Crippen LogP contribution in [0.15, 0.2) is 24.3 Å². The monoisotopic (exact) mass is 519 g/mol. The number of rotatable bonds is 11. The molecule has 0 aliphatic carbocycles. The Bertz CT molecular complexity index is 950. The molecule has 1 aromatic carbocycles. The molecule has 1 fully saturated rings. The fourth-order valence-corrected chi connectivity index (χ4v) is 5.02. The average molecular weight is 520 g/mol. The SMILES string of the molecule is Cc1cc(C)c(C(=O)OCC[Si](C)(C)C)c(NC(=O)C[C@H]2OC(C)(C)O[C@@H]2C(C)/C=C\C[C@@H](C)O)c1. The first-order valence-corrected chi connectivity index (χ1v) is 16.6. The zero-order chi connectivity index (χ0) is 27.3. The number of aliphatic hydroxyl groups excluding tert-OH is 1. The molecule has 7 nitrogen and oxygen atoms in total. The van der Waals surface area contributed by atoms with Gasteiger partial charge in [-0.05, 0) is 64.3 Å². The van der Waals surface area contributed by atoms with Gasteiger partial charge in [-0.2, -0.15) is 0 Å². The van der Waals surface area contributed by atoms with Gasteiger partial charge in [-0.1, -0.05) is 44.8 Å². The molecular weight excluding hydrogens is 474 g/mol. The summed E-state index contributed by atoms with van der Waals surface area (Å²) in [6.07, 6.45) is 3.37. The maximum Gasteiger partial charge on any atom is 0.340 e. The largest absolute Gasteiger partial charge is 0.462 e. The summed E-state index contributed by atoms with van der Waals surface area (Å²) in [5.74, 6) is -1.50. The van der Waals surface area contributed by atoms with E-state index >= 15 is 0 Å². The van der Waals surface area contributed by atoms with Crippen LogP contribution in [0, 0.1) is 19.8 Å². The van der Waals surface area contributed by atoms with Crippen molar-refractivity contribution in [1.82, 2.24) is 0 Å². The van der Waals surface area contributed by atoms with E-state index in [-0.39, 0.29) is 24.3 Å². The molecule has 4 atom stereocenters. The van der Waals surface area contributed by atoms with Gasteiger partial charge in [-0.15, -0.1) is 0 Å². The molecule has 1 aliphatic heterocycles. The van der Waals surface area contributed by atoms with Gasteiger partial charge in [0.15, 0.2) is 5.79 Å². The van der Waals surface area contributed by atoms with E-state index in [0.717, 1.165) is 17.2 Å². The Labute approximate surface area is 217 Å². The Morgan fingerprint density at radius 1 is 1.19 bits per heavy atom. The molecule has 1 amide bonds. The number of amides is 1. The normalized spacial score (nSPS) is 21.4. The van der Waals surface area contributed by atoms with E-state index in [1.165, 1.54) is 0 Å². The van der Waals surface area contributed by atoms with Crippen LogP contribution in [0.1, 0.15) is 62.0 Å². The fourth-order valence-electron chi connectivity index (χ4n) is 4.31. The highest BCUT2D eigenvalue weighted by Crippen LogP contribution is 2.35. The first-order valence-electron chi connectivity index (χ1n) is 12.9. The van der Waals surface area contributed by atoms with Gasteiger partial charge in [0.1, 0.15) is 0 Å². The van der Waals surface area contributed by atoms with Gasteiger partial charge in [0.05, 0.1) is 42.6 Å². The number of carbonyl (C=O) groups is 2. The highest BCUT2D eigenvalue weighted by atomic mass is 28.3. The van der Waals surface area contributed by atoms with Crippen molar-refractivity contribution in [2.75, 3.05) is 11.9 Å². The number of hydrogen-bond donors (Lipinski definition) is 2. The average Bonchev–Trinajstić information content (AvgIpc) is 2.99. The minimum absolute atomic E-state index is 0.0126. The third-order valence-corrected chi connectivity index (χ3v) is 7.79. The zero-order valence-corrected chi connectivity index (χ0v) is 24.4. The Balaban J connectivity index is 2.15. The molecule has 36 heavy (non-hydrogen) atoms. The third kappa shape index (κ3) is 9.46. The topological polar surface area (TPSA) is 94.1 Å². The van der Waals surface area contributed by atoms with Gasteiger partial charge < -0.3 is 24.6 Å². The second-order valence-electron chi connectivity index (χ2n) is 11.7. The van der Waals surface area contributed by atoms with Gasteiger partial charge in [-0.25, -0.2) is 4.79 Å². The molecule has 8 heteroatoms. The van der Waals surface area contributed by atoms with Crippen molar-refractivity contribution in [1.29, 1.82) is 0 Å². The first-order chi connectivity index (χ1) is 16.6. The summed E-state index contributed by atoms with van der Waals surface area (Å²) in [7, 11) is -1.34. The zero-order valence-electron chi connectivity index (χ0n) is 23.4. The summed E-state index contributed by atoms with van der Waals surface area (Å²) in [5.41, 5.74) is 2.55. The van der Waals surface area contributed by atoms with Gasteiger partial charge in [0, 0.05) is 14.0 Å². The van der Waals surface area contributed by atoms with E-state index in [1.807, 2.05) is 52.8 Å². The molecule has 1 aromatic rings. The Kier molecular flexibility index (Phi) is 10.5. The summed E-state index contributed by atoms with van der Waals surface area (Å²) in [4.78, 5) is 26.1. The van der Waals surface area contributed by atoms with Crippen molar-refractivity contribution >= 4 is 25.6 Å². The molecule has 1 aliphatic rings. The van der Waals surface area contributed by atoms with Crippen LogP contribution < -0.4 is 5.32 Å². The van der Waals surface area contributed by atoms with Crippen LogP contribution >= 0.6 is 0 Å². The molecule has 1 saturated heterocycles. The predicted molar refractivity (Wildman–Crippen MR) is 146 cm³/mol. The maximum absolute atomic E-state index is 13.1. The molecular formula is C28H45NO6Si. The number of nitrogens with one attached hydrogen (secondary N) is 1. The molecule has 0 spiro atoms. The number of aryl methyl sites for hydroxylation is 2. The Hall–Kier alpha value is -2.00. The fraction of sp³-hybridized carbons (Fsp3) is 0.643. The summed E-state index contributed by atoms with van der Waals surface area (Å²) < 4.78 is 17.8. The van der Waals surface area contributed by atoms with E-state index < -0.39 is 32.0 Å². The van der Waals surface area contributed by atoms with Crippen molar-refractivity contribution < 1.29 is 28.9 Å². The molecule has 0 bridgehead atoms. The minimum atomic E-state index is -1.34. The molecule has 0 saturated carbocycles. The van der Waals surface area contributed by atoms with Crippen LogP contribution in [0.25, 0.3) is 0 Å². The maximum atomic E-state index is 13.1. The van der Waals surface area contributed by atoms with Crippen LogP contribution in [-0.4, -0.2) is 55.8 Å². The number of anilines is 1. The number of benzene rings is 1. The number of hydrogen-bond acceptors (Lipinski definition) is 6. The van der Waals surface area contributed by atoms with Crippen LogP contribution in [0.5, 0.6) is 0 Å². The molecule has 1 unspecified atom stereocenters. The van der Waals surface area contributed by atoms with Crippen molar-refractivity contribution in [3.05, 3.63) is 41.0 Å². The van der Waals surface area contributed by atoms with Gasteiger partial charge in [-0.3, -0.25) is 4.79 Å². The van der Waals surface area contributed by atoms with Gasteiger partial charge >= 0.3 is 5.97 Å². The lowest BCUT2D eigenvalue weighted by Gasteiger charge is -2.21. The van der Waals surface area contributed by atoms with E-state index in [2.05, 4.69) is 25.0 Å².